The molecule has 7 atom stereocenters. The lowest BCUT2D eigenvalue weighted by Gasteiger charge is -2.46. The number of aliphatic hydroxyl groups is 3. The molecular formula is C19H29NO6. The second kappa shape index (κ2) is 7.76. The molecule has 26 heavy (non-hydrogen) atoms. The first-order chi connectivity index (χ1) is 12.4. The summed E-state index contributed by atoms with van der Waals surface area (Å²) in [5, 5.41) is 33.9. The zero-order valence-electron chi connectivity index (χ0n) is 15.1. The zero-order valence-corrected chi connectivity index (χ0v) is 15.1. The first-order valence-corrected chi connectivity index (χ1v) is 9.65. The fraction of sp³-hybridized carbons (Fsp3) is 0.789. The number of allylic oxidation sites excluding steroid dienone is 1. The van der Waals surface area contributed by atoms with Gasteiger partial charge in [0.1, 0.15) is 12.2 Å². The van der Waals surface area contributed by atoms with Crippen molar-refractivity contribution >= 4 is 11.7 Å². The van der Waals surface area contributed by atoms with Gasteiger partial charge in [0.2, 0.25) is 5.91 Å². The third-order valence-electron chi connectivity index (χ3n) is 5.81. The Morgan fingerprint density at radius 1 is 1.27 bits per heavy atom. The molecule has 4 N–H and O–H groups in total. The number of ether oxygens (including phenoxy) is 1. The molecular weight excluding hydrogens is 338 g/mol. The number of ketones is 1. The van der Waals surface area contributed by atoms with Gasteiger partial charge < -0.3 is 25.4 Å². The average molecular weight is 367 g/mol. The second-order valence-electron chi connectivity index (χ2n) is 7.74. The van der Waals surface area contributed by atoms with Crippen LogP contribution in [0.4, 0.5) is 0 Å². The molecule has 3 aliphatic rings. The normalized spacial score (nSPS) is 41.2. The standard InChI is InChI=1S/C19H29NO6/c1-2-3-4-5-6-7-8-9-12(21)20-11-10-19(25)17(24)13(14(11)22)15(23)16-18(19)26-16/h8-9,11,13-16,18,22-23,25H,2-7,10H2,1H3,(H,20,21)/b9-8-/t11-,13-,14-,15-,16-,18-,19+/m0/s1. The molecule has 2 saturated carbocycles. The highest BCUT2D eigenvalue weighted by Gasteiger charge is 2.72. The van der Waals surface area contributed by atoms with Crippen LogP contribution in [0.25, 0.3) is 0 Å². The molecule has 0 spiro atoms. The number of epoxide rings is 1. The number of fused-ring (bicyclic) bond motifs is 4. The molecule has 3 fully saturated rings. The minimum atomic E-state index is -1.74. The second-order valence-corrected chi connectivity index (χ2v) is 7.74. The van der Waals surface area contributed by atoms with Gasteiger partial charge in [-0.05, 0) is 18.9 Å². The number of hydrogen-bond acceptors (Lipinski definition) is 6. The van der Waals surface area contributed by atoms with Crippen LogP contribution in [0.5, 0.6) is 0 Å². The molecule has 146 valence electrons. The van der Waals surface area contributed by atoms with Gasteiger partial charge in [-0.2, -0.15) is 0 Å². The highest BCUT2D eigenvalue weighted by molar-refractivity contribution is 5.94. The summed E-state index contributed by atoms with van der Waals surface area (Å²) in [5.74, 6) is -2.10. The van der Waals surface area contributed by atoms with Gasteiger partial charge in [-0.25, -0.2) is 0 Å². The summed E-state index contributed by atoms with van der Waals surface area (Å²) in [6.07, 6.45) is 5.97. The summed E-state index contributed by atoms with van der Waals surface area (Å²) in [6, 6.07) is -0.802. The Kier molecular flexibility index (Phi) is 5.81. The van der Waals surface area contributed by atoms with Gasteiger partial charge in [-0.15, -0.1) is 0 Å². The van der Waals surface area contributed by atoms with Gasteiger partial charge in [0.05, 0.1) is 24.2 Å². The fourth-order valence-corrected chi connectivity index (χ4v) is 4.26. The summed E-state index contributed by atoms with van der Waals surface area (Å²) in [5.41, 5.74) is -1.74. The molecule has 1 amide bonds. The largest absolute Gasteiger partial charge is 0.390 e. The van der Waals surface area contributed by atoms with Gasteiger partial charge in [0.15, 0.2) is 11.4 Å². The lowest BCUT2D eigenvalue weighted by atomic mass is 9.64. The van der Waals surface area contributed by atoms with E-state index in [0.29, 0.717) is 0 Å². The van der Waals surface area contributed by atoms with Crippen LogP contribution in [0, 0.1) is 5.92 Å². The van der Waals surface area contributed by atoms with Crippen LogP contribution in [0.15, 0.2) is 12.2 Å². The predicted molar refractivity (Wildman–Crippen MR) is 93.2 cm³/mol. The van der Waals surface area contributed by atoms with E-state index in [0.717, 1.165) is 19.3 Å². The quantitative estimate of drug-likeness (QED) is 0.277. The number of aliphatic hydroxyl groups excluding tert-OH is 2. The van der Waals surface area contributed by atoms with E-state index in [1.807, 2.05) is 0 Å². The molecule has 1 aliphatic heterocycles. The molecule has 3 rings (SSSR count). The van der Waals surface area contributed by atoms with Gasteiger partial charge >= 0.3 is 0 Å². The van der Waals surface area contributed by atoms with Crippen molar-refractivity contribution in [2.75, 3.05) is 0 Å². The van der Waals surface area contributed by atoms with E-state index in [-0.39, 0.29) is 12.3 Å². The molecule has 2 bridgehead atoms. The highest BCUT2D eigenvalue weighted by atomic mass is 16.6. The van der Waals surface area contributed by atoms with Crippen LogP contribution >= 0.6 is 0 Å². The van der Waals surface area contributed by atoms with Gasteiger partial charge in [-0.1, -0.05) is 38.7 Å². The molecule has 0 radical (unpaired) electrons. The molecule has 1 heterocycles. The first-order valence-electron chi connectivity index (χ1n) is 9.65. The number of carbonyl (C=O) groups is 2. The Balaban J connectivity index is 1.52. The summed E-state index contributed by atoms with van der Waals surface area (Å²) in [7, 11) is 0. The number of nitrogens with one attached hydrogen (secondary N) is 1. The number of Topliss-reactive ketones (excluding diaryl/α,β-unsaturated/α-hetero) is 1. The maximum atomic E-state index is 12.4. The van der Waals surface area contributed by atoms with Crippen molar-refractivity contribution in [3.63, 3.8) is 0 Å². The van der Waals surface area contributed by atoms with Crippen molar-refractivity contribution in [1.29, 1.82) is 0 Å². The molecule has 0 aromatic carbocycles. The smallest absolute Gasteiger partial charge is 0.243 e. The lowest BCUT2D eigenvalue weighted by Crippen LogP contribution is -2.69. The minimum absolute atomic E-state index is 0.103. The minimum Gasteiger partial charge on any atom is -0.390 e. The molecule has 7 nitrogen and oxygen atoms in total. The molecule has 7 heteroatoms. The molecule has 0 aromatic heterocycles. The monoisotopic (exact) mass is 367 g/mol. The van der Waals surface area contributed by atoms with Crippen molar-refractivity contribution in [2.45, 2.75) is 87.9 Å². The van der Waals surface area contributed by atoms with Gasteiger partial charge in [0.25, 0.3) is 0 Å². The third kappa shape index (κ3) is 3.58. The SMILES string of the molecule is CCCCCCC/C=C\C(=O)N[C@H]1C[C@@]2(O)C(=O)[C@H]([C@H](O)[C@@H]3O[C@@H]32)[C@H]1O. The Bertz CT molecular complexity index is 578. The van der Waals surface area contributed by atoms with Crippen molar-refractivity contribution in [2.24, 2.45) is 5.92 Å². The lowest BCUT2D eigenvalue weighted by molar-refractivity contribution is -0.171. The van der Waals surface area contributed by atoms with Crippen LogP contribution in [0.1, 0.15) is 51.9 Å². The summed E-state index contributed by atoms with van der Waals surface area (Å²) in [6.45, 7) is 2.16. The molecule has 0 aromatic rings. The van der Waals surface area contributed by atoms with E-state index in [2.05, 4.69) is 12.2 Å². The number of carbonyl (C=O) groups excluding carboxylic acids is 2. The predicted octanol–water partition coefficient (Wildman–Crippen LogP) is 0.211. The summed E-state index contributed by atoms with van der Waals surface area (Å²) >= 11 is 0. The Morgan fingerprint density at radius 3 is 2.73 bits per heavy atom. The number of rotatable bonds is 8. The Hall–Kier alpha value is -1.28. The summed E-state index contributed by atoms with van der Waals surface area (Å²) < 4.78 is 5.24. The zero-order chi connectivity index (χ0) is 18.9. The van der Waals surface area contributed by atoms with E-state index in [1.165, 1.54) is 25.3 Å². The van der Waals surface area contributed by atoms with Crippen LogP contribution in [0.3, 0.4) is 0 Å². The van der Waals surface area contributed by atoms with Gasteiger partial charge in [-0.3, -0.25) is 9.59 Å². The number of amides is 1. The maximum Gasteiger partial charge on any atom is 0.243 e. The third-order valence-corrected chi connectivity index (χ3v) is 5.81. The molecule has 1 saturated heterocycles. The maximum absolute atomic E-state index is 12.4. The summed E-state index contributed by atoms with van der Waals surface area (Å²) in [4.78, 5) is 24.5. The average Bonchev–Trinajstić information content (AvgIpc) is 3.40. The van der Waals surface area contributed by atoms with E-state index >= 15 is 0 Å². The Morgan fingerprint density at radius 2 is 2.00 bits per heavy atom. The first kappa shape index (κ1) is 19.5. The van der Waals surface area contributed by atoms with Crippen molar-refractivity contribution < 1.29 is 29.6 Å². The van der Waals surface area contributed by atoms with Crippen LogP contribution in [-0.4, -0.2) is 63.1 Å². The van der Waals surface area contributed by atoms with Crippen LogP contribution in [-0.2, 0) is 14.3 Å². The van der Waals surface area contributed by atoms with Crippen molar-refractivity contribution in [3.8, 4) is 0 Å². The van der Waals surface area contributed by atoms with Crippen LogP contribution < -0.4 is 5.32 Å². The van der Waals surface area contributed by atoms with Crippen molar-refractivity contribution in [1.82, 2.24) is 5.32 Å². The van der Waals surface area contributed by atoms with E-state index < -0.39 is 47.8 Å². The van der Waals surface area contributed by atoms with E-state index in [9.17, 15) is 24.9 Å². The molecule has 2 aliphatic carbocycles. The Labute approximate surface area is 153 Å². The van der Waals surface area contributed by atoms with E-state index in [4.69, 9.17) is 4.74 Å². The van der Waals surface area contributed by atoms with Gasteiger partial charge in [0, 0.05) is 6.42 Å². The molecule has 0 unspecified atom stereocenters. The van der Waals surface area contributed by atoms with Crippen molar-refractivity contribution in [3.05, 3.63) is 12.2 Å². The topological polar surface area (TPSA) is 119 Å². The number of unbranched alkanes of at least 4 members (excludes halogenated alkanes) is 5. The highest BCUT2D eigenvalue weighted by Crippen LogP contribution is 2.50. The fourth-order valence-electron chi connectivity index (χ4n) is 4.26. The number of hydrogen-bond donors (Lipinski definition) is 4. The van der Waals surface area contributed by atoms with E-state index in [1.54, 1.807) is 6.08 Å². The van der Waals surface area contributed by atoms with Crippen LogP contribution in [0.2, 0.25) is 0 Å².